The van der Waals surface area contributed by atoms with Gasteiger partial charge < -0.3 is 10.6 Å². The molecular formula is C19H19N5O2S2. The summed E-state index contributed by atoms with van der Waals surface area (Å²) in [5.41, 5.74) is 0.925. The number of benzene rings is 1. The molecule has 0 saturated heterocycles. The molecule has 3 aromatic rings. The molecule has 0 spiro atoms. The zero-order valence-corrected chi connectivity index (χ0v) is 16.8. The fraction of sp³-hybridized carbons (Fsp3) is 0.263. The molecular weight excluding hydrogens is 394 g/mol. The number of amides is 2. The standard InChI is InChI=1S/C19H19N5O2S2/c1-11(24-16(22-23-19(24)27)15-7-4-10-28-15)17(25)21-14-6-3-2-5-13(14)18(26)20-12-8-9-12/h2-7,10-12H,8-9H2,1H3,(H,20,26)(H,21,25)(H,23,27). The summed E-state index contributed by atoms with van der Waals surface area (Å²) in [4.78, 5) is 26.3. The van der Waals surface area contributed by atoms with Gasteiger partial charge in [0.05, 0.1) is 16.1 Å². The number of carbonyl (C=O) groups excluding carboxylic acids is 2. The number of anilines is 1. The Morgan fingerprint density at radius 1 is 1.29 bits per heavy atom. The first-order valence-corrected chi connectivity index (χ1v) is 10.2. The van der Waals surface area contributed by atoms with Gasteiger partial charge in [0.1, 0.15) is 6.04 Å². The largest absolute Gasteiger partial charge is 0.349 e. The van der Waals surface area contributed by atoms with E-state index in [1.165, 1.54) is 11.3 Å². The lowest BCUT2D eigenvalue weighted by Gasteiger charge is -2.17. The molecule has 28 heavy (non-hydrogen) atoms. The van der Waals surface area contributed by atoms with Crippen LogP contribution in [-0.2, 0) is 4.79 Å². The lowest BCUT2D eigenvalue weighted by Crippen LogP contribution is -2.29. The van der Waals surface area contributed by atoms with Gasteiger partial charge >= 0.3 is 0 Å². The third-order valence-corrected chi connectivity index (χ3v) is 5.71. The van der Waals surface area contributed by atoms with Crippen LogP contribution in [0.5, 0.6) is 0 Å². The minimum absolute atomic E-state index is 0.176. The van der Waals surface area contributed by atoms with Crippen molar-refractivity contribution in [3.05, 3.63) is 52.1 Å². The Hall–Kier alpha value is -2.78. The predicted octanol–water partition coefficient (Wildman–Crippen LogP) is 3.76. The van der Waals surface area contributed by atoms with Crippen LogP contribution in [-0.4, -0.2) is 32.6 Å². The smallest absolute Gasteiger partial charge is 0.253 e. The van der Waals surface area contributed by atoms with E-state index in [9.17, 15) is 9.59 Å². The summed E-state index contributed by atoms with van der Waals surface area (Å²) in [6.07, 6.45) is 2.00. The maximum Gasteiger partial charge on any atom is 0.253 e. The van der Waals surface area contributed by atoms with E-state index in [0.29, 0.717) is 21.8 Å². The minimum Gasteiger partial charge on any atom is -0.349 e. The number of H-pyrrole nitrogens is 1. The molecule has 1 aliphatic rings. The van der Waals surface area contributed by atoms with Gasteiger partial charge in [0.15, 0.2) is 10.6 Å². The summed E-state index contributed by atoms with van der Waals surface area (Å²) in [7, 11) is 0. The fourth-order valence-electron chi connectivity index (χ4n) is 2.88. The number of carbonyl (C=O) groups is 2. The number of rotatable bonds is 6. The molecule has 9 heteroatoms. The molecule has 2 heterocycles. The SMILES string of the molecule is CC(C(=O)Nc1ccccc1C(=O)NC1CC1)n1c(-c2cccs2)n[nH]c1=S. The van der Waals surface area contributed by atoms with Crippen molar-refractivity contribution in [3.63, 3.8) is 0 Å². The molecule has 1 aromatic carbocycles. The zero-order valence-electron chi connectivity index (χ0n) is 15.1. The molecule has 4 rings (SSSR count). The number of aromatic amines is 1. The Morgan fingerprint density at radius 2 is 2.07 bits per heavy atom. The van der Waals surface area contributed by atoms with E-state index >= 15 is 0 Å². The highest BCUT2D eigenvalue weighted by molar-refractivity contribution is 7.71. The monoisotopic (exact) mass is 413 g/mol. The first-order chi connectivity index (χ1) is 13.5. The Bertz CT molecular complexity index is 1070. The highest BCUT2D eigenvalue weighted by atomic mass is 32.1. The molecule has 3 N–H and O–H groups in total. The molecule has 2 amide bonds. The second kappa shape index (κ2) is 7.69. The lowest BCUT2D eigenvalue weighted by atomic mass is 10.1. The van der Waals surface area contributed by atoms with Crippen molar-refractivity contribution in [1.29, 1.82) is 0 Å². The Balaban J connectivity index is 1.58. The van der Waals surface area contributed by atoms with Crippen LogP contribution in [0.15, 0.2) is 41.8 Å². The van der Waals surface area contributed by atoms with E-state index in [2.05, 4.69) is 20.8 Å². The summed E-state index contributed by atoms with van der Waals surface area (Å²) in [5, 5.41) is 14.8. The van der Waals surface area contributed by atoms with E-state index in [0.717, 1.165) is 17.7 Å². The number of thiophene rings is 1. The average molecular weight is 414 g/mol. The molecule has 1 saturated carbocycles. The van der Waals surface area contributed by atoms with E-state index in [4.69, 9.17) is 12.2 Å². The highest BCUT2D eigenvalue weighted by Gasteiger charge is 2.26. The summed E-state index contributed by atoms with van der Waals surface area (Å²) < 4.78 is 2.05. The van der Waals surface area contributed by atoms with Crippen molar-refractivity contribution in [2.45, 2.75) is 31.8 Å². The van der Waals surface area contributed by atoms with Gasteiger partial charge in [-0.3, -0.25) is 19.3 Å². The summed E-state index contributed by atoms with van der Waals surface area (Å²) in [6.45, 7) is 1.75. The molecule has 7 nitrogen and oxygen atoms in total. The van der Waals surface area contributed by atoms with Gasteiger partial charge in [0, 0.05) is 6.04 Å². The summed E-state index contributed by atoms with van der Waals surface area (Å²) in [6, 6.07) is 10.5. The van der Waals surface area contributed by atoms with Crippen molar-refractivity contribution in [1.82, 2.24) is 20.1 Å². The van der Waals surface area contributed by atoms with Crippen LogP contribution in [0, 0.1) is 4.77 Å². The minimum atomic E-state index is -0.608. The number of hydrogen-bond acceptors (Lipinski definition) is 5. The number of nitrogens with one attached hydrogen (secondary N) is 3. The molecule has 1 fully saturated rings. The normalized spacial score (nSPS) is 14.5. The van der Waals surface area contributed by atoms with Gasteiger partial charge in [-0.1, -0.05) is 18.2 Å². The van der Waals surface area contributed by atoms with Crippen molar-refractivity contribution in [3.8, 4) is 10.7 Å². The van der Waals surface area contributed by atoms with Crippen LogP contribution in [0.3, 0.4) is 0 Å². The highest BCUT2D eigenvalue weighted by Crippen LogP contribution is 2.27. The average Bonchev–Trinajstić information content (AvgIpc) is 3.17. The van der Waals surface area contributed by atoms with Crippen LogP contribution in [0.25, 0.3) is 10.7 Å². The van der Waals surface area contributed by atoms with Crippen LogP contribution < -0.4 is 10.6 Å². The van der Waals surface area contributed by atoms with Crippen molar-refractivity contribution < 1.29 is 9.59 Å². The second-order valence-corrected chi connectivity index (χ2v) is 7.99. The first kappa shape index (κ1) is 18.6. The van der Waals surface area contributed by atoms with Gasteiger partial charge in [0.2, 0.25) is 5.91 Å². The predicted molar refractivity (Wildman–Crippen MR) is 111 cm³/mol. The van der Waals surface area contributed by atoms with Gasteiger partial charge in [-0.25, -0.2) is 0 Å². The van der Waals surface area contributed by atoms with Crippen LogP contribution in [0.2, 0.25) is 0 Å². The maximum absolute atomic E-state index is 12.9. The van der Waals surface area contributed by atoms with Crippen LogP contribution in [0.4, 0.5) is 5.69 Å². The number of nitrogens with zero attached hydrogens (tertiary/aromatic N) is 2. The molecule has 2 aromatic heterocycles. The summed E-state index contributed by atoms with van der Waals surface area (Å²) in [5.74, 6) is 0.162. The number of para-hydroxylation sites is 1. The van der Waals surface area contributed by atoms with Crippen LogP contribution in [0.1, 0.15) is 36.2 Å². The van der Waals surface area contributed by atoms with Crippen LogP contribution >= 0.6 is 23.6 Å². The topological polar surface area (TPSA) is 91.8 Å². The van der Waals surface area contributed by atoms with Gasteiger partial charge in [0.25, 0.3) is 5.91 Å². The Kier molecular flexibility index (Phi) is 5.10. The van der Waals surface area contributed by atoms with E-state index in [1.807, 2.05) is 17.5 Å². The molecule has 0 bridgehead atoms. The molecule has 1 unspecified atom stereocenters. The molecule has 144 valence electrons. The molecule has 0 aliphatic heterocycles. The fourth-order valence-corrected chi connectivity index (χ4v) is 3.88. The van der Waals surface area contributed by atoms with Crippen molar-refractivity contribution in [2.24, 2.45) is 0 Å². The third kappa shape index (κ3) is 3.76. The van der Waals surface area contributed by atoms with E-state index < -0.39 is 6.04 Å². The Labute approximate surface area is 170 Å². The lowest BCUT2D eigenvalue weighted by molar-refractivity contribution is -0.118. The molecule has 1 aliphatic carbocycles. The quantitative estimate of drug-likeness (QED) is 0.537. The van der Waals surface area contributed by atoms with Crippen molar-refractivity contribution >= 4 is 41.1 Å². The third-order valence-electron chi connectivity index (χ3n) is 4.55. The second-order valence-electron chi connectivity index (χ2n) is 6.66. The van der Waals surface area contributed by atoms with Gasteiger partial charge in [-0.2, -0.15) is 5.10 Å². The molecule has 1 atom stereocenters. The summed E-state index contributed by atoms with van der Waals surface area (Å²) >= 11 is 6.85. The van der Waals surface area contributed by atoms with Crippen molar-refractivity contribution in [2.75, 3.05) is 5.32 Å². The van der Waals surface area contributed by atoms with Gasteiger partial charge in [-0.05, 0) is 55.6 Å². The maximum atomic E-state index is 12.9. The molecule has 0 radical (unpaired) electrons. The first-order valence-electron chi connectivity index (χ1n) is 8.96. The number of aromatic nitrogens is 3. The van der Waals surface area contributed by atoms with E-state index in [-0.39, 0.29) is 17.9 Å². The van der Waals surface area contributed by atoms with Gasteiger partial charge in [-0.15, -0.1) is 11.3 Å². The Morgan fingerprint density at radius 3 is 2.79 bits per heavy atom. The zero-order chi connectivity index (χ0) is 19.7. The van der Waals surface area contributed by atoms with E-state index in [1.54, 1.807) is 35.8 Å². The number of hydrogen-bond donors (Lipinski definition) is 3.